The van der Waals surface area contributed by atoms with E-state index in [4.69, 9.17) is 15.7 Å². The van der Waals surface area contributed by atoms with Gasteiger partial charge in [-0.3, -0.25) is 15.1 Å². The summed E-state index contributed by atoms with van der Waals surface area (Å²) in [6.07, 6.45) is 0. The zero-order chi connectivity index (χ0) is 14.1. The Labute approximate surface area is 113 Å². The maximum atomic E-state index is 11.3. The Kier molecular flexibility index (Phi) is 7.06. The van der Waals surface area contributed by atoms with Crippen LogP contribution in [0, 0.1) is 0 Å². The van der Waals surface area contributed by atoms with Gasteiger partial charge in [-0.2, -0.15) is 0 Å². The van der Waals surface area contributed by atoms with Crippen LogP contribution in [0.5, 0.6) is 0 Å². The van der Waals surface area contributed by atoms with Crippen molar-refractivity contribution >= 4 is 5.91 Å². The molecule has 1 rings (SSSR count). The fourth-order valence-corrected chi connectivity index (χ4v) is 1.73. The SMILES string of the molecule is COCCN(CCO)Cc1ccc(C(=O)NN)cc1. The van der Waals surface area contributed by atoms with E-state index in [-0.39, 0.29) is 12.5 Å². The highest BCUT2D eigenvalue weighted by Crippen LogP contribution is 2.07. The lowest BCUT2D eigenvalue weighted by molar-refractivity contribution is 0.0953. The molecule has 0 aliphatic rings. The molecule has 1 aromatic carbocycles. The number of ether oxygens (including phenoxy) is 1. The summed E-state index contributed by atoms with van der Waals surface area (Å²) in [5.74, 6) is 4.76. The van der Waals surface area contributed by atoms with E-state index >= 15 is 0 Å². The number of nitrogens with zero attached hydrogens (tertiary/aromatic N) is 1. The van der Waals surface area contributed by atoms with E-state index < -0.39 is 0 Å². The molecule has 0 saturated carbocycles. The Morgan fingerprint density at radius 1 is 1.37 bits per heavy atom. The van der Waals surface area contributed by atoms with Gasteiger partial charge >= 0.3 is 0 Å². The first-order valence-electron chi connectivity index (χ1n) is 6.13. The topological polar surface area (TPSA) is 87.8 Å². The molecule has 6 nitrogen and oxygen atoms in total. The monoisotopic (exact) mass is 267 g/mol. The molecule has 0 heterocycles. The van der Waals surface area contributed by atoms with E-state index in [1.165, 1.54) is 0 Å². The number of aliphatic hydroxyl groups excluding tert-OH is 1. The van der Waals surface area contributed by atoms with Crippen LogP contribution < -0.4 is 11.3 Å². The predicted octanol–water partition coefficient (Wildman–Crippen LogP) is -0.269. The lowest BCUT2D eigenvalue weighted by atomic mass is 10.1. The summed E-state index contributed by atoms with van der Waals surface area (Å²) in [7, 11) is 1.65. The average Bonchev–Trinajstić information content (AvgIpc) is 2.45. The van der Waals surface area contributed by atoms with Gasteiger partial charge in [0.15, 0.2) is 0 Å². The van der Waals surface area contributed by atoms with Crippen molar-refractivity contribution in [3.05, 3.63) is 35.4 Å². The largest absolute Gasteiger partial charge is 0.395 e. The molecule has 4 N–H and O–H groups in total. The minimum Gasteiger partial charge on any atom is -0.395 e. The summed E-state index contributed by atoms with van der Waals surface area (Å²) in [6.45, 7) is 2.77. The smallest absolute Gasteiger partial charge is 0.265 e. The molecular weight excluding hydrogens is 246 g/mol. The molecule has 0 unspecified atom stereocenters. The first-order chi connectivity index (χ1) is 9.21. The highest BCUT2D eigenvalue weighted by atomic mass is 16.5. The Balaban J connectivity index is 2.60. The summed E-state index contributed by atoms with van der Waals surface area (Å²) in [5.41, 5.74) is 3.68. The normalized spacial score (nSPS) is 10.7. The van der Waals surface area contributed by atoms with Gasteiger partial charge in [-0.25, -0.2) is 5.84 Å². The van der Waals surface area contributed by atoms with Crippen molar-refractivity contribution in [2.75, 3.05) is 33.4 Å². The van der Waals surface area contributed by atoms with Crippen LogP contribution in [0.1, 0.15) is 15.9 Å². The molecule has 0 saturated heterocycles. The number of carbonyl (C=O) groups excluding carboxylic acids is 1. The van der Waals surface area contributed by atoms with Crippen LogP contribution in [-0.4, -0.2) is 49.3 Å². The number of hydrazine groups is 1. The molecule has 1 aromatic rings. The van der Waals surface area contributed by atoms with Gasteiger partial charge in [-0.1, -0.05) is 12.1 Å². The average molecular weight is 267 g/mol. The number of benzene rings is 1. The van der Waals surface area contributed by atoms with Gasteiger partial charge in [0.1, 0.15) is 0 Å². The molecular formula is C13H21N3O3. The van der Waals surface area contributed by atoms with Crippen LogP contribution in [0.2, 0.25) is 0 Å². The van der Waals surface area contributed by atoms with Crippen molar-refractivity contribution in [3.63, 3.8) is 0 Å². The van der Waals surface area contributed by atoms with Gasteiger partial charge in [-0.15, -0.1) is 0 Å². The molecule has 0 spiro atoms. The first-order valence-corrected chi connectivity index (χ1v) is 6.13. The van der Waals surface area contributed by atoms with E-state index in [9.17, 15) is 4.79 Å². The van der Waals surface area contributed by atoms with Crippen LogP contribution in [-0.2, 0) is 11.3 Å². The second kappa shape index (κ2) is 8.60. The van der Waals surface area contributed by atoms with Crippen LogP contribution in [0.4, 0.5) is 0 Å². The Morgan fingerprint density at radius 3 is 2.58 bits per heavy atom. The van der Waals surface area contributed by atoms with Gasteiger partial charge in [0.2, 0.25) is 0 Å². The fraction of sp³-hybridized carbons (Fsp3) is 0.462. The fourth-order valence-electron chi connectivity index (χ4n) is 1.73. The molecule has 19 heavy (non-hydrogen) atoms. The minimum absolute atomic E-state index is 0.109. The summed E-state index contributed by atoms with van der Waals surface area (Å²) in [4.78, 5) is 13.4. The van der Waals surface area contributed by atoms with Gasteiger partial charge in [0, 0.05) is 32.3 Å². The van der Waals surface area contributed by atoms with Crippen LogP contribution in [0.25, 0.3) is 0 Å². The van der Waals surface area contributed by atoms with Gasteiger partial charge in [0.05, 0.1) is 13.2 Å². The quantitative estimate of drug-likeness (QED) is 0.343. The molecule has 0 bridgehead atoms. The van der Waals surface area contributed by atoms with Gasteiger partial charge in [-0.05, 0) is 17.7 Å². The van der Waals surface area contributed by atoms with Crippen molar-refractivity contribution in [2.24, 2.45) is 5.84 Å². The van der Waals surface area contributed by atoms with E-state index in [2.05, 4.69) is 10.3 Å². The number of aliphatic hydroxyl groups is 1. The lowest BCUT2D eigenvalue weighted by Gasteiger charge is -2.20. The number of rotatable bonds is 8. The van der Waals surface area contributed by atoms with E-state index in [1.807, 2.05) is 12.1 Å². The zero-order valence-corrected chi connectivity index (χ0v) is 11.1. The third-order valence-corrected chi connectivity index (χ3v) is 2.78. The number of nitrogen functional groups attached to an aromatic ring is 1. The number of methoxy groups -OCH3 is 1. The standard InChI is InChI=1S/C13H21N3O3/c1-19-9-7-16(6-8-17)10-11-2-4-12(5-3-11)13(18)15-14/h2-5,17H,6-10,14H2,1H3,(H,15,18). The van der Waals surface area contributed by atoms with Crippen molar-refractivity contribution in [1.82, 2.24) is 10.3 Å². The number of hydrogen-bond donors (Lipinski definition) is 3. The van der Waals surface area contributed by atoms with Crippen LogP contribution in [0.15, 0.2) is 24.3 Å². The molecule has 0 radical (unpaired) electrons. The van der Waals surface area contributed by atoms with Crippen LogP contribution >= 0.6 is 0 Å². The van der Waals surface area contributed by atoms with Gasteiger partial charge < -0.3 is 9.84 Å². The molecule has 0 aromatic heterocycles. The van der Waals surface area contributed by atoms with Gasteiger partial charge in [0.25, 0.3) is 5.91 Å². The molecule has 0 atom stereocenters. The third-order valence-electron chi connectivity index (χ3n) is 2.78. The van der Waals surface area contributed by atoms with Crippen molar-refractivity contribution in [2.45, 2.75) is 6.54 Å². The summed E-state index contributed by atoms with van der Waals surface area (Å²) >= 11 is 0. The summed E-state index contributed by atoms with van der Waals surface area (Å²) in [5, 5.41) is 9.01. The Bertz CT molecular complexity index is 381. The molecule has 0 aliphatic heterocycles. The zero-order valence-electron chi connectivity index (χ0n) is 11.1. The maximum absolute atomic E-state index is 11.3. The first kappa shape index (κ1) is 15.6. The number of nitrogens with two attached hydrogens (primary N) is 1. The van der Waals surface area contributed by atoms with E-state index in [1.54, 1.807) is 19.2 Å². The predicted molar refractivity (Wildman–Crippen MR) is 72.3 cm³/mol. The minimum atomic E-state index is -0.307. The van der Waals surface area contributed by atoms with E-state index in [0.717, 1.165) is 12.1 Å². The number of hydrogen-bond acceptors (Lipinski definition) is 5. The highest BCUT2D eigenvalue weighted by molar-refractivity contribution is 5.93. The van der Waals surface area contributed by atoms with Crippen LogP contribution in [0.3, 0.4) is 0 Å². The van der Waals surface area contributed by atoms with E-state index in [0.29, 0.717) is 25.3 Å². The second-order valence-corrected chi connectivity index (χ2v) is 4.16. The Morgan fingerprint density at radius 2 is 2.05 bits per heavy atom. The number of carbonyl (C=O) groups is 1. The number of nitrogens with one attached hydrogen (secondary N) is 1. The molecule has 6 heteroatoms. The molecule has 0 fully saturated rings. The van der Waals surface area contributed by atoms with Crippen molar-refractivity contribution < 1.29 is 14.6 Å². The second-order valence-electron chi connectivity index (χ2n) is 4.16. The van der Waals surface area contributed by atoms with Crippen molar-refractivity contribution in [3.8, 4) is 0 Å². The molecule has 1 amide bonds. The maximum Gasteiger partial charge on any atom is 0.265 e. The molecule has 106 valence electrons. The highest BCUT2D eigenvalue weighted by Gasteiger charge is 2.07. The third kappa shape index (κ3) is 5.35. The van der Waals surface area contributed by atoms with Crippen molar-refractivity contribution in [1.29, 1.82) is 0 Å². The lowest BCUT2D eigenvalue weighted by Crippen LogP contribution is -2.30. The number of amides is 1. The summed E-state index contributed by atoms with van der Waals surface area (Å²) < 4.78 is 5.03. The summed E-state index contributed by atoms with van der Waals surface area (Å²) in [6, 6.07) is 7.21. The molecule has 0 aliphatic carbocycles. The Hall–Kier alpha value is -1.47.